The second-order valence-corrected chi connectivity index (χ2v) is 6.30. The molecule has 0 N–H and O–H groups in total. The maximum Gasteiger partial charge on any atom is 0.175 e. The molecule has 110 valence electrons. The second kappa shape index (κ2) is 7.32. The van der Waals surface area contributed by atoms with Crippen LogP contribution in [-0.2, 0) is 5.75 Å². The lowest BCUT2D eigenvalue weighted by atomic mass is 10.1. The summed E-state index contributed by atoms with van der Waals surface area (Å²) < 4.78 is 5.11. The van der Waals surface area contributed by atoms with E-state index in [0.29, 0.717) is 0 Å². The molecular weight excluding hydrogens is 280 g/mol. The quantitative estimate of drug-likeness (QED) is 0.734. The lowest BCUT2D eigenvalue weighted by molar-refractivity contribution is 0.0994. The molecule has 2 aromatic carbocycles. The average molecular weight is 300 g/mol. The lowest BCUT2D eigenvalue weighted by Crippen LogP contribution is -2.13. The van der Waals surface area contributed by atoms with Crippen LogP contribution in [0.5, 0.6) is 5.75 Å². The van der Waals surface area contributed by atoms with Crippen LogP contribution in [0, 0.1) is 6.92 Å². The van der Waals surface area contributed by atoms with Crippen molar-refractivity contribution in [3.05, 3.63) is 65.2 Å². The van der Waals surface area contributed by atoms with Crippen molar-refractivity contribution in [2.24, 2.45) is 0 Å². The molecular formula is C18H20O2S. The van der Waals surface area contributed by atoms with Gasteiger partial charge >= 0.3 is 0 Å². The molecule has 0 bridgehead atoms. The Balaban J connectivity index is 1.97. The van der Waals surface area contributed by atoms with Gasteiger partial charge in [0.15, 0.2) is 5.78 Å². The zero-order chi connectivity index (χ0) is 15.2. The minimum atomic E-state index is -0.0574. The van der Waals surface area contributed by atoms with Gasteiger partial charge < -0.3 is 4.74 Å². The van der Waals surface area contributed by atoms with E-state index in [0.717, 1.165) is 17.1 Å². The molecule has 0 spiro atoms. The van der Waals surface area contributed by atoms with Crippen LogP contribution in [0.15, 0.2) is 48.5 Å². The van der Waals surface area contributed by atoms with Crippen molar-refractivity contribution in [1.82, 2.24) is 0 Å². The average Bonchev–Trinajstić information content (AvgIpc) is 2.53. The zero-order valence-electron chi connectivity index (χ0n) is 12.6. The van der Waals surface area contributed by atoms with Gasteiger partial charge in [0.25, 0.3) is 0 Å². The molecule has 0 aliphatic heterocycles. The lowest BCUT2D eigenvalue weighted by Gasteiger charge is -2.12. The summed E-state index contributed by atoms with van der Waals surface area (Å²) in [4.78, 5) is 12.4. The molecule has 1 unspecified atom stereocenters. The third-order valence-corrected chi connectivity index (χ3v) is 4.69. The largest absolute Gasteiger partial charge is 0.497 e. The highest BCUT2D eigenvalue weighted by atomic mass is 32.2. The molecule has 3 heteroatoms. The van der Waals surface area contributed by atoms with Crippen LogP contribution in [0.1, 0.15) is 28.4 Å². The monoisotopic (exact) mass is 300 g/mol. The number of methoxy groups -OCH3 is 1. The highest BCUT2D eigenvalue weighted by molar-refractivity contribution is 7.99. The van der Waals surface area contributed by atoms with Gasteiger partial charge in [-0.15, -0.1) is 11.8 Å². The fourth-order valence-electron chi connectivity index (χ4n) is 2.05. The third kappa shape index (κ3) is 4.11. The molecule has 0 aromatic heterocycles. The Bertz CT molecular complexity index is 605. The Morgan fingerprint density at radius 2 is 1.81 bits per heavy atom. The summed E-state index contributed by atoms with van der Waals surface area (Å²) in [5.74, 6) is 1.79. The number of carbonyl (C=O) groups is 1. The molecule has 0 aliphatic rings. The van der Waals surface area contributed by atoms with Crippen molar-refractivity contribution in [3.63, 3.8) is 0 Å². The maximum absolute atomic E-state index is 12.4. The van der Waals surface area contributed by atoms with E-state index in [1.807, 2.05) is 43.3 Å². The highest BCUT2D eigenvalue weighted by Gasteiger charge is 2.16. The van der Waals surface area contributed by atoms with Gasteiger partial charge in [0.2, 0.25) is 0 Å². The Hall–Kier alpha value is -1.74. The van der Waals surface area contributed by atoms with E-state index in [9.17, 15) is 4.79 Å². The first-order valence-electron chi connectivity index (χ1n) is 6.96. The second-order valence-electron chi connectivity index (χ2n) is 4.97. The number of Topliss-reactive ketones (excluding diaryl/α,β-unsaturated/α-hetero) is 1. The Labute approximate surface area is 130 Å². The Morgan fingerprint density at radius 3 is 2.43 bits per heavy atom. The summed E-state index contributed by atoms with van der Waals surface area (Å²) in [5.41, 5.74) is 3.30. The number of carbonyl (C=O) groups excluding carboxylic acids is 1. The SMILES string of the molecule is COc1ccc(C(=O)C(C)SCc2ccccc2C)cc1. The summed E-state index contributed by atoms with van der Waals surface area (Å²) in [6.07, 6.45) is 0. The number of thioether (sulfide) groups is 1. The number of aryl methyl sites for hydroxylation is 1. The molecule has 21 heavy (non-hydrogen) atoms. The summed E-state index contributed by atoms with van der Waals surface area (Å²) in [5, 5.41) is -0.0574. The first-order valence-corrected chi connectivity index (χ1v) is 8.01. The van der Waals surface area contributed by atoms with Crippen molar-refractivity contribution < 1.29 is 9.53 Å². The molecule has 0 heterocycles. The summed E-state index contributed by atoms with van der Waals surface area (Å²) in [6, 6.07) is 15.6. The van der Waals surface area contributed by atoms with E-state index in [1.165, 1.54) is 11.1 Å². The highest BCUT2D eigenvalue weighted by Crippen LogP contribution is 2.23. The van der Waals surface area contributed by atoms with Crippen LogP contribution in [0.2, 0.25) is 0 Å². The molecule has 0 fully saturated rings. The summed E-state index contributed by atoms with van der Waals surface area (Å²) >= 11 is 1.68. The first kappa shape index (κ1) is 15.6. The van der Waals surface area contributed by atoms with E-state index in [1.54, 1.807) is 18.9 Å². The number of rotatable bonds is 6. The smallest absolute Gasteiger partial charge is 0.175 e. The zero-order valence-corrected chi connectivity index (χ0v) is 13.4. The molecule has 2 aromatic rings. The van der Waals surface area contributed by atoms with Gasteiger partial charge in [-0.1, -0.05) is 24.3 Å². The van der Waals surface area contributed by atoms with Gasteiger partial charge in [-0.25, -0.2) is 0 Å². The van der Waals surface area contributed by atoms with Crippen molar-refractivity contribution in [2.45, 2.75) is 24.9 Å². The van der Waals surface area contributed by atoms with Crippen molar-refractivity contribution in [1.29, 1.82) is 0 Å². The van der Waals surface area contributed by atoms with E-state index in [4.69, 9.17) is 4.74 Å². The standard InChI is InChI=1S/C18H20O2S/c1-13-6-4-5-7-16(13)12-21-14(2)18(19)15-8-10-17(20-3)11-9-15/h4-11,14H,12H2,1-3H3. The summed E-state index contributed by atoms with van der Waals surface area (Å²) in [6.45, 7) is 4.07. The Morgan fingerprint density at radius 1 is 1.14 bits per heavy atom. The summed E-state index contributed by atoms with van der Waals surface area (Å²) in [7, 11) is 1.62. The van der Waals surface area contributed by atoms with Gasteiger partial charge in [0, 0.05) is 11.3 Å². The van der Waals surface area contributed by atoms with Crippen molar-refractivity contribution in [3.8, 4) is 5.75 Å². The number of ketones is 1. The number of hydrogen-bond donors (Lipinski definition) is 0. The predicted molar refractivity (Wildman–Crippen MR) is 89.3 cm³/mol. The minimum Gasteiger partial charge on any atom is -0.497 e. The van der Waals surface area contributed by atoms with E-state index in [2.05, 4.69) is 19.1 Å². The molecule has 0 saturated heterocycles. The van der Waals surface area contributed by atoms with E-state index >= 15 is 0 Å². The van der Waals surface area contributed by atoms with Gasteiger partial charge in [-0.2, -0.15) is 0 Å². The number of ether oxygens (including phenoxy) is 1. The van der Waals surface area contributed by atoms with Gasteiger partial charge in [0.05, 0.1) is 12.4 Å². The van der Waals surface area contributed by atoms with Gasteiger partial charge in [-0.3, -0.25) is 4.79 Å². The fraction of sp³-hybridized carbons (Fsp3) is 0.278. The molecule has 0 saturated carbocycles. The molecule has 0 aliphatic carbocycles. The van der Waals surface area contributed by atoms with Crippen LogP contribution >= 0.6 is 11.8 Å². The van der Waals surface area contributed by atoms with Crippen LogP contribution < -0.4 is 4.74 Å². The van der Waals surface area contributed by atoms with Crippen LogP contribution in [0.3, 0.4) is 0 Å². The number of hydrogen-bond acceptors (Lipinski definition) is 3. The maximum atomic E-state index is 12.4. The van der Waals surface area contributed by atoms with Crippen LogP contribution in [0.25, 0.3) is 0 Å². The third-order valence-electron chi connectivity index (χ3n) is 3.49. The van der Waals surface area contributed by atoms with Crippen LogP contribution in [0.4, 0.5) is 0 Å². The fourth-order valence-corrected chi connectivity index (χ4v) is 3.09. The van der Waals surface area contributed by atoms with Crippen molar-refractivity contribution >= 4 is 17.5 Å². The topological polar surface area (TPSA) is 26.3 Å². The Kier molecular flexibility index (Phi) is 5.45. The van der Waals surface area contributed by atoms with E-state index < -0.39 is 0 Å². The number of benzene rings is 2. The molecule has 1 atom stereocenters. The first-order chi connectivity index (χ1) is 10.1. The normalized spacial score (nSPS) is 12.0. The predicted octanol–water partition coefficient (Wildman–Crippen LogP) is 4.51. The minimum absolute atomic E-state index is 0.0574. The van der Waals surface area contributed by atoms with Gasteiger partial charge in [0.1, 0.15) is 5.75 Å². The molecule has 2 rings (SSSR count). The van der Waals surface area contributed by atoms with Gasteiger partial charge in [-0.05, 0) is 49.2 Å². The van der Waals surface area contributed by atoms with Crippen LogP contribution in [-0.4, -0.2) is 18.1 Å². The van der Waals surface area contributed by atoms with Crippen molar-refractivity contribution in [2.75, 3.05) is 7.11 Å². The molecule has 2 nitrogen and oxygen atoms in total. The molecule has 0 radical (unpaired) electrons. The molecule has 0 amide bonds. The van der Waals surface area contributed by atoms with E-state index in [-0.39, 0.29) is 11.0 Å².